The molecule has 0 bridgehead atoms. The smallest absolute Gasteiger partial charge is 0.363 e. The number of hydrogen-bond acceptors (Lipinski definition) is 5. The fourth-order valence-corrected chi connectivity index (χ4v) is 2.53. The van der Waals surface area contributed by atoms with Gasteiger partial charge in [0.05, 0.1) is 22.8 Å². The van der Waals surface area contributed by atoms with Crippen molar-refractivity contribution in [2.45, 2.75) is 13.3 Å². The highest BCUT2D eigenvalue weighted by atomic mass is 35.5. The van der Waals surface area contributed by atoms with Crippen molar-refractivity contribution in [2.24, 2.45) is 4.99 Å². The lowest BCUT2D eigenvalue weighted by Gasteiger charge is -2.03. The Morgan fingerprint density at radius 2 is 1.92 bits per heavy atom. The number of halogens is 1. The van der Waals surface area contributed by atoms with Crippen LogP contribution in [-0.4, -0.2) is 24.4 Å². The molecule has 6 heteroatoms. The zero-order valence-corrected chi connectivity index (χ0v) is 14.8. The van der Waals surface area contributed by atoms with Crippen LogP contribution in [0.25, 0.3) is 6.08 Å². The highest BCUT2D eigenvalue weighted by Crippen LogP contribution is 2.23. The van der Waals surface area contributed by atoms with E-state index in [9.17, 15) is 9.59 Å². The van der Waals surface area contributed by atoms with Gasteiger partial charge in [-0.25, -0.2) is 14.6 Å². The molecule has 0 aliphatic carbocycles. The van der Waals surface area contributed by atoms with Gasteiger partial charge in [0.1, 0.15) is 0 Å². The summed E-state index contributed by atoms with van der Waals surface area (Å²) in [5.74, 6) is -0.747. The van der Waals surface area contributed by atoms with E-state index in [1.807, 2.05) is 6.92 Å². The molecule has 1 aliphatic heterocycles. The van der Waals surface area contributed by atoms with Crippen molar-refractivity contribution in [3.63, 3.8) is 0 Å². The summed E-state index contributed by atoms with van der Waals surface area (Å²) in [5, 5.41) is 0.454. The lowest BCUT2D eigenvalue weighted by atomic mass is 10.1. The molecular weight excluding hydrogens is 354 g/mol. The summed E-state index contributed by atoms with van der Waals surface area (Å²) in [6, 6.07) is 13.7. The van der Waals surface area contributed by atoms with E-state index < -0.39 is 5.97 Å². The van der Waals surface area contributed by atoms with Crippen LogP contribution in [-0.2, 0) is 14.3 Å². The molecule has 0 radical (unpaired) electrons. The predicted molar refractivity (Wildman–Crippen MR) is 99.1 cm³/mol. The summed E-state index contributed by atoms with van der Waals surface area (Å²) >= 11 is 6.11. The Morgan fingerprint density at radius 3 is 2.62 bits per heavy atom. The van der Waals surface area contributed by atoms with Crippen LogP contribution in [0.4, 0.5) is 0 Å². The Labute approximate surface area is 155 Å². The second-order valence-electron chi connectivity index (χ2n) is 5.57. The van der Waals surface area contributed by atoms with E-state index in [2.05, 4.69) is 4.99 Å². The molecule has 1 aliphatic rings. The third kappa shape index (κ3) is 4.00. The van der Waals surface area contributed by atoms with E-state index in [-0.39, 0.29) is 17.6 Å². The van der Waals surface area contributed by atoms with Crippen LogP contribution in [0.1, 0.15) is 34.8 Å². The average molecular weight is 370 g/mol. The third-order valence-corrected chi connectivity index (χ3v) is 3.94. The molecule has 26 heavy (non-hydrogen) atoms. The van der Waals surface area contributed by atoms with E-state index >= 15 is 0 Å². The van der Waals surface area contributed by atoms with Gasteiger partial charge in [0.15, 0.2) is 5.70 Å². The summed E-state index contributed by atoms with van der Waals surface area (Å²) in [6.07, 6.45) is 2.36. The number of benzene rings is 2. The van der Waals surface area contributed by atoms with Gasteiger partial charge in [-0.15, -0.1) is 0 Å². The van der Waals surface area contributed by atoms with Crippen LogP contribution in [0.2, 0.25) is 5.02 Å². The van der Waals surface area contributed by atoms with Crippen molar-refractivity contribution in [1.29, 1.82) is 0 Å². The first-order valence-corrected chi connectivity index (χ1v) is 8.51. The SMILES string of the molecule is CCCOC(=O)c1ccc(/C=C2\N=C(c3ccccc3Cl)OC2=O)cc1. The minimum Gasteiger partial charge on any atom is -0.462 e. The summed E-state index contributed by atoms with van der Waals surface area (Å²) in [4.78, 5) is 28.1. The normalized spacial score (nSPS) is 14.9. The number of carbonyl (C=O) groups excluding carboxylic acids is 2. The van der Waals surface area contributed by atoms with Gasteiger partial charge in [0, 0.05) is 0 Å². The molecule has 5 nitrogen and oxygen atoms in total. The quantitative estimate of drug-likeness (QED) is 0.583. The highest BCUT2D eigenvalue weighted by Gasteiger charge is 2.25. The van der Waals surface area contributed by atoms with Crippen molar-refractivity contribution in [3.8, 4) is 0 Å². The van der Waals surface area contributed by atoms with Crippen molar-refractivity contribution < 1.29 is 19.1 Å². The second kappa shape index (κ2) is 7.97. The zero-order chi connectivity index (χ0) is 18.5. The number of cyclic esters (lactones) is 1. The van der Waals surface area contributed by atoms with Crippen molar-refractivity contribution in [1.82, 2.24) is 0 Å². The molecule has 0 spiro atoms. The lowest BCUT2D eigenvalue weighted by molar-refractivity contribution is -0.129. The number of esters is 2. The third-order valence-electron chi connectivity index (χ3n) is 3.61. The van der Waals surface area contributed by atoms with E-state index in [0.29, 0.717) is 28.3 Å². The molecule has 0 N–H and O–H groups in total. The molecular formula is C20H16ClNO4. The number of hydrogen-bond donors (Lipinski definition) is 0. The number of rotatable bonds is 5. The van der Waals surface area contributed by atoms with E-state index in [1.54, 1.807) is 54.6 Å². The van der Waals surface area contributed by atoms with Gasteiger partial charge in [-0.3, -0.25) is 0 Å². The van der Waals surface area contributed by atoms with Crippen LogP contribution in [0.5, 0.6) is 0 Å². The molecule has 132 valence electrons. The molecule has 0 unspecified atom stereocenters. The summed E-state index contributed by atoms with van der Waals surface area (Å²) in [5.41, 5.74) is 1.89. The van der Waals surface area contributed by atoms with Gasteiger partial charge in [0.25, 0.3) is 0 Å². The minimum absolute atomic E-state index is 0.168. The number of nitrogens with zero attached hydrogens (tertiary/aromatic N) is 1. The Hall–Kier alpha value is -2.92. The van der Waals surface area contributed by atoms with Gasteiger partial charge < -0.3 is 9.47 Å². The van der Waals surface area contributed by atoms with Crippen LogP contribution < -0.4 is 0 Å². The molecule has 0 saturated heterocycles. The monoisotopic (exact) mass is 369 g/mol. The summed E-state index contributed by atoms with van der Waals surface area (Å²) < 4.78 is 10.3. The summed E-state index contributed by atoms with van der Waals surface area (Å²) in [6.45, 7) is 2.32. The van der Waals surface area contributed by atoms with Gasteiger partial charge in [-0.2, -0.15) is 0 Å². The van der Waals surface area contributed by atoms with E-state index in [4.69, 9.17) is 21.1 Å². The van der Waals surface area contributed by atoms with E-state index in [1.165, 1.54) is 0 Å². The predicted octanol–water partition coefficient (Wildman–Crippen LogP) is 4.25. The molecule has 2 aromatic carbocycles. The minimum atomic E-state index is -0.550. The Bertz CT molecular complexity index is 900. The Morgan fingerprint density at radius 1 is 1.19 bits per heavy atom. The molecule has 0 amide bonds. The van der Waals surface area contributed by atoms with Gasteiger partial charge >= 0.3 is 11.9 Å². The first-order valence-electron chi connectivity index (χ1n) is 8.13. The van der Waals surface area contributed by atoms with Crippen LogP contribution >= 0.6 is 11.6 Å². The van der Waals surface area contributed by atoms with Crippen molar-refractivity contribution in [2.75, 3.05) is 6.61 Å². The number of ether oxygens (including phenoxy) is 2. The number of aliphatic imine (C=N–C) groups is 1. The van der Waals surface area contributed by atoms with Crippen molar-refractivity contribution in [3.05, 3.63) is 75.9 Å². The molecule has 0 atom stereocenters. The molecule has 0 fully saturated rings. The standard InChI is InChI=1S/C20H16ClNO4/c1-2-11-25-19(23)14-9-7-13(8-10-14)12-17-20(24)26-18(22-17)15-5-3-4-6-16(15)21/h3-10,12H,2,11H2,1H3/b17-12-. The van der Waals surface area contributed by atoms with Gasteiger partial charge in [-0.05, 0) is 42.3 Å². The zero-order valence-electron chi connectivity index (χ0n) is 14.1. The largest absolute Gasteiger partial charge is 0.462 e. The fraction of sp³-hybridized carbons (Fsp3) is 0.150. The van der Waals surface area contributed by atoms with Gasteiger partial charge in [-0.1, -0.05) is 42.8 Å². The second-order valence-corrected chi connectivity index (χ2v) is 5.98. The fourth-order valence-electron chi connectivity index (χ4n) is 2.31. The van der Waals surface area contributed by atoms with Crippen molar-refractivity contribution >= 4 is 35.5 Å². The van der Waals surface area contributed by atoms with Crippen LogP contribution in [0, 0.1) is 0 Å². The molecule has 0 aromatic heterocycles. The maximum Gasteiger partial charge on any atom is 0.363 e. The maximum absolute atomic E-state index is 12.0. The van der Waals surface area contributed by atoms with E-state index in [0.717, 1.165) is 6.42 Å². The Balaban J connectivity index is 1.80. The molecule has 2 aromatic rings. The summed E-state index contributed by atoms with van der Waals surface area (Å²) in [7, 11) is 0. The molecule has 1 heterocycles. The highest BCUT2D eigenvalue weighted by molar-refractivity contribution is 6.34. The number of carbonyl (C=O) groups is 2. The van der Waals surface area contributed by atoms with Crippen LogP contribution in [0.3, 0.4) is 0 Å². The lowest BCUT2D eigenvalue weighted by Crippen LogP contribution is -2.06. The topological polar surface area (TPSA) is 65.0 Å². The Kier molecular flexibility index (Phi) is 5.49. The van der Waals surface area contributed by atoms with Gasteiger partial charge in [0.2, 0.25) is 5.90 Å². The molecule has 0 saturated carbocycles. The van der Waals surface area contributed by atoms with Crippen LogP contribution in [0.15, 0.2) is 59.2 Å². The first-order chi connectivity index (χ1) is 12.6. The molecule has 3 rings (SSSR count). The maximum atomic E-state index is 12.0. The average Bonchev–Trinajstić information content (AvgIpc) is 3.01. The first kappa shape index (κ1) is 17.9.